The Labute approximate surface area is 126 Å². The Morgan fingerprint density at radius 3 is 2.95 bits per heavy atom. The summed E-state index contributed by atoms with van der Waals surface area (Å²) in [4.78, 5) is 3.46. The van der Waals surface area contributed by atoms with Gasteiger partial charge in [-0.25, -0.2) is 0 Å². The van der Waals surface area contributed by atoms with E-state index in [2.05, 4.69) is 37.2 Å². The normalized spacial score (nSPS) is 23.3. The lowest BCUT2D eigenvalue weighted by atomic mass is 9.93. The SMILES string of the molecule is CCSc1cccc(NC2CCN(C)CC2C)c1C#N. The van der Waals surface area contributed by atoms with Crippen molar-refractivity contribution in [3.05, 3.63) is 23.8 Å². The summed E-state index contributed by atoms with van der Waals surface area (Å²) in [5, 5.41) is 13.1. The van der Waals surface area contributed by atoms with Crippen molar-refractivity contribution >= 4 is 17.4 Å². The molecule has 0 bridgehead atoms. The molecule has 1 N–H and O–H groups in total. The van der Waals surface area contributed by atoms with E-state index in [0.29, 0.717) is 12.0 Å². The zero-order chi connectivity index (χ0) is 14.5. The second-order valence-electron chi connectivity index (χ2n) is 5.50. The van der Waals surface area contributed by atoms with E-state index in [0.717, 1.165) is 41.4 Å². The fourth-order valence-corrected chi connectivity index (χ4v) is 3.60. The maximum absolute atomic E-state index is 9.45. The minimum Gasteiger partial charge on any atom is -0.381 e. The molecule has 20 heavy (non-hydrogen) atoms. The van der Waals surface area contributed by atoms with Gasteiger partial charge in [0.05, 0.1) is 11.3 Å². The highest BCUT2D eigenvalue weighted by Crippen LogP contribution is 2.30. The molecular weight excluding hydrogens is 266 g/mol. The summed E-state index contributed by atoms with van der Waals surface area (Å²) < 4.78 is 0. The van der Waals surface area contributed by atoms with E-state index in [1.54, 1.807) is 11.8 Å². The number of nitrogens with one attached hydrogen (secondary N) is 1. The predicted octanol–water partition coefficient (Wildman–Crippen LogP) is 3.42. The number of rotatable bonds is 4. The van der Waals surface area contributed by atoms with Gasteiger partial charge in [-0.15, -0.1) is 11.8 Å². The van der Waals surface area contributed by atoms with Crippen molar-refractivity contribution in [3.8, 4) is 6.07 Å². The largest absolute Gasteiger partial charge is 0.381 e. The summed E-state index contributed by atoms with van der Waals surface area (Å²) in [6.45, 7) is 6.63. The zero-order valence-electron chi connectivity index (χ0n) is 12.5. The third-order valence-corrected chi connectivity index (χ3v) is 4.83. The molecule has 1 aromatic rings. The van der Waals surface area contributed by atoms with Crippen molar-refractivity contribution < 1.29 is 0 Å². The molecule has 108 valence electrons. The molecule has 1 heterocycles. The molecule has 0 aromatic heterocycles. The third-order valence-electron chi connectivity index (χ3n) is 3.89. The van der Waals surface area contributed by atoms with Crippen molar-refractivity contribution in [2.75, 3.05) is 31.2 Å². The Morgan fingerprint density at radius 2 is 2.30 bits per heavy atom. The van der Waals surface area contributed by atoms with Gasteiger partial charge in [-0.1, -0.05) is 19.9 Å². The van der Waals surface area contributed by atoms with E-state index >= 15 is 0 Å². The number of nitriles is 1. The van der Waals surface area contributed by atoms with Gasteiger partial charge in [0.1, 0.15) is 6.07 Å². The summed E-state index contributed by atoms with van der Waals surface area (Å²) in [5.41, 5.74) is 1.79. The van der Waals surface area contributed by atoms with Gasteiger partial charge in [-0.2, -0.15) is 5.26 Å². The van der Waals surface area contributed by atoms with Gasteiger partial charge in [-0.3, -0.25) is 0 Å². The van der Waals surface area contributed by atoms with Crippen LogP contribution in [-0.4, -0.2) is 36.8 Å². The summed E-state index contributed by atoms with van der Waals surface area (Å²) in [5.74, 6) is 1.59. The van der Waals surface area contributed by atoms with Crippen molar-refractivity contribution in [1.29, 1.82) is 5.26 Å². The number of hydrogen-bond donors (Lipinski definition) is 1. The van der Waals surface area contributed by atoms with Crippen LogP contribution < -0.4 is 5.32 Å². The van der Waals surface area contributed by atoms with E-state index in [9.17, 15) is 5.26 Å². The third kappa shape index (κ3) is 3.47. The van der Waals surface area contributed by atoms with Crippen LogP contribution in [0.3, 0.4) is 0 Å². The smallest absolute Gasteiger partial charge is 0.102 e. The van der Waals surface area contributed by atoms with Gasteiger partial charge in [0, 0.05) is 17.5 Å². The molecule has 3 nitrogen and oxygen atoms in total. The van der Waals surface area contributed by atoms with Crippen LogP contribution in [0, 0.1) is 17.2 Å². The fourth-order valence-electron chi connectivity index (χ4n) is 2.81. The first-order valence-electron chi connectivity index (χ1n) is 7.26. The molecule has 1 aliphatic heterocycles. The predicted molar refractivity (Wildman–Crippen MR) is 86.2 cm³/mol. The van der Waals surface area contributed by atoms with Crippen LogP contribution in [0.1, 0.15) is 25.8 Å². The minimum absolute atomic E-state index is 0.458. The molecule has 2 rings (SSSR count). The molecule has 0 radical (unpaired) electrons. The van der Waals surface area contributed by atoms with Crippen LogP contribution in [0.4, 0.5) is 5.69 Å². The molecule has 0 saturated carbocycles. The molecule has 1 saturated heterocycles. The number of nitrogens with zero attached hydrogens (tertiary/aromatic N) is 2. The highest BCUT2D eigenvalue weighted by Gasteiger charge is 2.24. The maximum Gasteiger partial charge on any atom is 0.102 e. The van der Waals surface area contributed by atoms with Gasteiger partial charge < -0.3 is 10.2 Å². The van der Waals surface area contributed by atoms with Crippen LogP contribution in [0.25, 0.3) is 0 Å². The lowest BCUT2D eigenvalue weighted by molar-refractivity contribution is 0.206. The Kier molecular flexibility index (Phi) is 5.33. The lowest BCUT2D eigenvalue weighted by Gasteiger charge is -2.36. The first-order valence-corrected chi connectivity index (χ1v) is 8.25. The van der Waals surface area contributed by atoms with E-state index in [4.69, 9.17) is 0 Å². The summed E-state index contributed by atoms with van der Waals surface area (Å²) in [7, 11) is 2.17. The van der Waals surface area contributed by atoms with Crippen LogP contribution >= 0.6 is 11.8 Å². The Balaban J connectivity index is 2.17. The van der Waals surface area contributed by atoms with Crippen LogP contribution in [-0.2, 0) is 0 Å². The molecule has 1 aromatic carbocycles. The van der Waals surface area contributed by atoms with E-state index in [1.807, 2.05) is 18.2 Å². The summed E-state index contributed by atoms with van der Waals surface area (Å²) in [6, 6.07) is 8.94. The number of likely N-dealkylation sites (tertiary alicyclic amines) is 1. The Morgan fingerprint density at radius 1 is 1.50 bits per heavy atom. The molecule has 2 unspecified atom stereocenters. The van der Waals surface area contributed by atoms with Crippen molar-refractivity contribution in [2.24, 2.45) is 5.92 Å². The van der Waals surface area contributed by atoms with Crippen LogP contribution in [0.2, 0.25) is 0 Å². The second kappa shape index (κ2) is 7.01. The first-order chi connectivity index (χ1) is 9.65. The first kappa shape index (κ1) is 15.2. The number of piperidine rings is 1. The zero-order valence-corrected chi connectivity index (χ0v) is 13.3. The van der Waals surface area contributed by atoms with Crippen molar-refractivity contribution in [1.82, 2.24) is 4.90 Å². The molecule has 2 atom stereocenters. The average molecular weight is 289 g/mol. The van der Waals surface area contributed by atoms with Gasteiger partial charge in [0.15, 0.2) is 0 Å². The highest BCUT2D eigenvalue weighted by atomic mass is 32.2. The summed E-state index contributed by atoms with van der Waals surface area (Å²) in [6.07, 6.45) is 1.13. The molecule has 0 spiro atoms. The van der Waals surface area contributed by atoms with Gasteiger partial charge in [0.25, 0.3) is 0 Å². The minimum atomic E-state index is 0.458. The number of hydrogen-bond acceptors (Lipinski definition) is 4. The molecule has 4 heteroatoms. The molecular formula is C16H23N3S. The van der Waals surface area contributed by atoms with E-state index < -0.39 is 0 Å². The molecule has 0 amide bonds. The summed E-state index contributed by atoms with van der Waals surface area (Å²) >= 11 is 1.73. The van der Waals surface area contributed by atoms with Crippen LogP contribution in [0.15, 0.2) is 23.1 Å². The van der Waals surface area contributed by atoms with Crippen molar-refractivity contribution in [2.45, 2.75) is 31.2 Å². The van der Waals surface area contributed by atoms with E-state index in [1.165, 1.54) is 0 Å². The topological polar surface area (TPSA) is 39.1 Å². The highest BCUT2D eigenvalue weighted by molar-refractivity contribution is 7.99. The number of thioether (sulfide) groups is 1. The number of anilines is 1. The van der Waals surface area contributed by atoms with E-state index in [-0.39, 0.29) is 0 Å². The average Bonchev–Trinajstić information content (AvgIpc) is 2.42. The maximum atomic E-state index is 9.45. The standard InChI is InChI=1S/C16H23N3S/c1-4-20-16-7-5-6-15(13(16)10-17)18-14-8-9-19(3)11-12(14)2/h5-7,12,14,18H,4,8-9,11H2,1-3H3. The second-order valence-corrected chi connectivity index (χ2v) is 6.81. The van der Waals surface area contributed by atoms with Gasteiger partial charge >= 0.3 is 0 Å². The monoisotopic (exact) mass is 289 g/mol. The molecule has 0 aliphatic carbocycles. The fraction of sp³-hybridized carbons (Fsp3) is 0.562. The molecule has 1 fully saturated rings. The Hall–Kier alpha value is -1.18. The number of benzene rings is 1. The molecule has 1 aliphatic rings. The van der Waals surface area contributed by atoms with Gasteiger partial charge in [0.2, 0.25) is 0 Å². The van der Waals surface area contributed by atoms with Crippen LogP contribution in [0.5, 0.6) is 0 Å². The Bertz CT molecular complexity index is 495. The lowest BCUT2D eigenvalue weighted by Crippen LogP contribution is -2.43. The van der Waals surface area contributed by atoms with Gasteiger partial charge in [-0.05, 0) is 43.8 Å². The van der Waals surface area contributed by atoms with Crippen molar-refractivity contribution in [3.63, 3.8) is 0 Å². The quantitative estimate of drug-likeness (QED) is 0.862.